The third-order valence-corrected chi connectivity index (χ3v) is 9.26. The number of nitrogens with one attached hydrogen (secondary N) is 1. The smallest absolute Gasteiger partial charge is 0.258 e. The number of nitrogens with zero attached hydrogens (tertiary/aromatic N) is 3. The second-order valence-corrected chi connectivity index (χ2v) is 12.8. The van der Waals surface area contributed by atoms with Crippen LogP contribution in [0.3, 0.4) is 0 Å². The molecule has 0 unspecified atom stereocenters. The van der Waals surface area contributed by atoms with Crippen LogP contribution in [-0.4, -0.2) is 70.6 Å². The van der Waals surface area contributed by atoms with E-state index in [2.05, 4.69) is 15.2 Å². The number of hydrogen-bond acceptors (Lipinski definition) is 7. The van der Waals surface area contributed by atoms with Crippen LogP contribution in [0, 0.1) is 5.92 Å². The number of carbonyl (C=O) groups excluding carboxylic acids is 2. The summed E-state index contributed by atoms with van der Waals surface area (Å²) < 4.78 is 6.65. The summed E-state index contributed by atoms with van der Waals surface area (Å²) in [6.45, 7) is 5.19. The van der Waals surface area contributed by atoms with Crippen molar-refractivity contribution in [3.05, 3.63) is 99.0 Å². The number of carbonyl (C=O) groups is 2. The van der Waals surface area contributed by atoms with Crippen molar-refractivity contribution in [3.8, 4) is 16.3 Å². The van der Waals surface area contributed by atoms with Crippen molar-refractivity contribution in [3.63, 3.8) is 0 Å². The van der Waals surface area contributed by atoms with Gasteiger partial charge in [-0.1, -0.05) is 54.4 Å². The van der Waals surface area contributed by atoms with Crippen molar-refractivity contribution in [1.82, 2.24) is 14.8 Å². The molecule has 2 heterocycles. The zero-order valence-corrected chi connectivity index (χ0v) is 27.0. The number of anilines is 1. The maximum atomic E-state index is 13.8. The summed E-state index contributed by atoms with van der Waals surface area (Å²) in [7, 11) is 1.99. The molecule has 1 aliphatic heterocycles. The van der Waals surface area contributed by atoms with Gasteiger partial charge < -0.3 is 20.1 Å². The van der Waals surface area contributed by atoms with E-state index >= 15 is 0 Å². The highest BCUT2D eigenvalue weighted by atomic mass is 35.5. The number of amides is 2. The van der Waals surface area contributed by atoms with E-state index in [4.69, 9.17) is 27.9 Å². The van der Waals surface area contributed by atoms with Crippen molar-refractivity contribution >= 4 is 52.0 Å². The molecule has 0 aliphatic carbocycles. The maximum Gasteiger partial charge on any atom is 0.258 e. The minimum atomic E-state index is -0.403. The standard InChI is InChI=1S/C33H34Cl2N4O4S/c1-20-16-39(21(2)19-40)33(42)25-5-4-6-28(37-31(41)23-8-10-24(11-9-23)32-36-13-14-44-32)30(25)43-29(20)18-38(3)17-22-7-12-26(34)27(35)15-22/h4-15,20-21,29,40H,16-19H2,1-3H3,(H,37,41)/t20-,21-,29+/m1/s1. The average Bonchev–Trinajstić information content (AvgIpc) is 3.56. The van der Waals surface area contributed by atoms with Crippen LogP contribution in [-0.2, 0) is 6.54 Å². The molecule has 44 heavy (non-hydrogen) atoms. The second kappa shape index (κ2) is 14.1. The van der Waals surface area contributed by atoms with Gasteiger partial charge >= 0.3 is 0 Å². The van der Waals surface area contributed by atoms with Crippen LogP contribution in [0.15, 0.2) is 72.2 Å². The topological polar surface area (TPSA) is 95.0 Å². The number of benzene rings is 3. The van der Waals surface area contributed by atoms with Gasteiger partial charge in [-0.2, -0.15) is 0 Å². The van der Waals surface area contributed by atoms with Gasteiger partial charge in [-0.3, -0.25) is 14.5 Å². The van der Waals surface area contributed by atoms with Crippen molar-refractivity contribution in [2.24, 2.45) is 5.92 Å². The fourth-order valence-corrected chi connectivity index (χ4v) is 6.17. The van der Waals surface area contributed by atoms with Crippen LogP contribution in [0.1, 0.15) is 40.1 Å². The van der Waals surface area contributed by atoms with Crippen LogP contribution in [0.4, 0.5) is 5.69 Å². The molecule has 1 aliphatic rings. The van der Waals surface area contributed by atoms with Crippen molar-refractivity contribution in [1.29, 1.82) is 0 Å². The molecule has 0 saturated heterocycles. The molecule has 2 N–H and O–H groups in total. The predicted molar refractivity (Wildman–Crippen MR) is 176 cm³/mol. The minimum Gasteiger partial charge on any atom is -0.486 e. The number of likely N-dealkylation sites (N-methyl/N-ethyl adjacent to an activating group) is 1. The minimum absolute atomic E-state index is 0.0977. The Kier molecular flexibility index (Phi) is 10.2. The molecule has 0 fully saturated rings. The Hall–Kier alpha value is -3.47. The first-order valence-electron chi connectivity index (χ1n) is 14.3. The number of aliphatic hydroxyl groups excluding tert-OH is 1. The summed E-state index contributed by atoms with van der Waals surface area (Å²) in [5, 5.41) is 16.7. The van der Waals surface area contributed by atoms with E-state index in [1.165, 1.54) is 11.3 Å². The number of halogens is 2. The van der Waals surface area contributed by atoms with E-state index in [1.54, 1.807) is 47.5 Å². The van der Waals surface area contributed by atoms with Crippen LogP contribution >= 0.6 is 34.5 Å². The highest BCUT2D eigenvalue weighted by Crippen LogP contribution is 2.35. The highest BCUT2D eigenvalue weighted by molar-refractivity contribution is 7.13. The van der Waals surface area contributed by atoms with Gasteiger partial charge in [0.05, 0.1) is 33.9 Å². The van der Waals surface area contributed by atoms with Crippen LogP contribution < -0.4 is 10.1 Å². The molecule has 8 nitrogen and oxygen atoms in total. The van der Waals surface area contributed by atoms with Crippen LogP contribution in [0.25, 0.3) is 10.6 Å². The molecular weight excluding hydrogens is 619 g/mol. The van der Waals surface area contributed by atoms with Crippen LogP contribution in [0.2, 0.25) is 10.0 Å². The third-order valence-electron chi connectivity index (χ3n) is 7.69. The first kappa shape index (κ1) is 31.9. The van der Waals surface area contributed by atoms with Crippen molar-refractivity contribution in [2.45, 2.75) is 32.5 Å². The molecule has 0 bridgehead atoms. The summed E-state index contributed by atoms with van der Waals surface area (Å²) in [5.74, 6) is -0.386. The SMILES string of the molecule is C[C@@H]1CN([C@H](C)CO)C(=O)c2cccc(NC(=O)c3ccc(-c4nccs4)cc3)c2O[C@H]1CN(C)Cc1ccc(Cl)c(Cl)c1. The summed E-state index contributed by atoms with van der Waals surface area (Å²) in [6.07, 6.45) is 1.39. The van der Waals surface area contributed by atoms with Crippen molar-refractivity contribution < 1.29 is 19.4 Å². The number of para-hydroxylation sites is 1. The van der Waals surface area contributed by atoms with Crippen molar-refractivity contribution in [2.75, 3.05) is 32.1 Å². The molecule has 2 amide bonds. The van der Waals surface area contributed by atoms with Gasteiger partial charge in [-0.15, -0.1) is 11.3 Å². The number of rotatable bonds is 9. The van der Waals surface area contributed by atoms with Gasteiger partial charge in [-0.05, 0) is 55.9 Å². The molecule has 230 valence electrons. The zero-order chi connectivity index (χ0) is 31.4. The number of thiazole rings is 1. The predicted octanol–water partition coefficient (Wildman–Crippen LogP) is 6.72. The Morgan fingerprint density at radius 3 is 2.64 bits per heavy atom. The summed E-state index contributed by atoms with van der Waals surface area (Å²) in [5.41, 5.74) is 3.11. The Labute approximate surface area is 271 Å². The van der Waals surface area contributed by atoms with Gasteiger partial charge in [0, 0.05) is 48.3 Å². The summed E-state index contributed by atoms with van der Waals surface area (Å²) in [6, 6.07) is 17.5. The molecule has 1 aromatic heterocycles. The van der Waals surface area contributed by atoms with E-state index < -0.39 is 6.04 Å². The molecule has 4 aromatic rings. The van der Waals surface area contributed by atoms with Gasteiger partial charge in [0.25, 0.3) is 11.8 Å². The number of ether oxygens (including phenoxy) is 1. The quantitative estimate of drug-likeness (QED) is 0.208. The summed E-state index contributed by atoms with van der Waals surface area (Å²) in [4.78, 5) is 35.3. The van der Waals surface area contributed by atoms with E-state index in [-0.39, 0.29) is 30.4 Å². The van der Waals surface area contributed by atoms with Gasteiger partial charge in [0.2, 0.25) is 0 Å². The molecule has 0 saturated carbocycles. The Bertz CT molecular complexity index is 1620. The number of aromatic nitrogens is 1. The largest absolute Gasteiger partial charge is 0.486 e. The number of aliphatic hydroxyl groups is 1. The molecule has 3 aromatic carbocycles. The Morgan fingerprint density at radius 1 is 1.18 bits per heavy atom. The molecule has 11 heteroatoms. The molecule has 0 radical (unpaired) electrons. The van der Waals surface area contributed by atoms with Crippen LogP contribution in [0.5, 0.6) is 5.75 Å². The molecule has 5 rings (SSSR count). The lowest BCUT2D eigenvalue weighted by Crippen LogP contribution is -2.49. The summed E-state index contributed by atoms with van der Waals surface area (Å²) >= 11 is 13.9. The lowest BCUT2D eigenvalue weighted by atomic mass is 9.98. The first-order chi connectivity index (χ1) is 21.1. The number of hydrogen-bond donors (Lipinski definition) is 2. The molecule has 0 spiro atoms. The second-order valence-electron chi connectivity index (χ2n) is 11.1. The van der Waals surface area contributed by atoms with E-state index in [0.717, 1.165) is 16.1 Å². The lowest BCUT2D eigenvalue weighted by molar-refractivity contribution is 0.0343. The monoisotopic (exact) mass is 652 g/mol. The zero-order valence-electron chi connectivity index (χ0n) is 24.7. The van der Waals surface area contributed by atoms with E-state index in [0.29, 0.717) is 52.2 Å². The fraction of sp³-hybridized carbons (Fsp3) is 0.303. The maximum absolute atomic E-state index is 13.8. The molecular formula is C33H34Cl2N4O4S. The highest BCUT2D eigenvalue weighted by Gasteiger charge is 2.34. The van der Waals surface area contributed by atoms with E-state index in [9.17, 15) is 14.7 Å². The third kappa shape index (κ3) is 7.25. The number of fused-ring (bicyclic) bond motifs is 1. The first-order valence-corrected chi connectivity index (χ1v) is 15.9. The van der Waals surface area contributed by atoms with Gasteiger partial charge in [0.15, 0.2) is 5.75 Å². The fourth-order valence-electron chi connectivity index (χ4n) is 5.21. The Balaban J connectivity index is 1.43. The van der Waals surface area contributed by atoms with E-state index in [1.807, 2.05) is 50.5 Å². The molecule has 3 atom stereocenters. The van der Waals surface area contributed by atoms with Gasteiger partial charge in [0.1, 0.15) is 11.1 Å². The lowest BCUT2D eigenvalue weighted by Gasteiger charge is -2.38. The van der Waals surface area contributed by atoms with Gasteiger partial charge in [-0.25, -0.2) is 4.98 Å². The Morgan fingerprint density at radius 2 is 1.95 bits per heavy atom. The normalized spacial score (nSPS) is 17.4. The average molecular weight is 654 g/mol.